The van der Waals surface area contributed by atoms with E-state index in [0.29, 0.717) is 6.26 Å². The van der Waals surface area contributed by atoms with E-state index in [1.165, 1.54) is 18.2 Å². The Labute approximate surface area is 304 Å². The Bertz CT molecular complexity index is 2040. The molecule has 18 nitrogen and oxygen atoms in total. The third kappa shape index (κ3) is 13.8. The van der Waals surface area contributed by atoms with Crippen molar-refractivity contribution in [3.8, 4) is 17.2 Å². The van der Waals surface area contributed by atoms with Crippen LogP contribution < -0.4 is 10.1 Å². The van der Waals surface area contributed by atoms with Crippen LogP contribution in [0.1, 0.15) is 18.4 Å². The standard InChI is InChI=1S/C30H33F4N5O13S2/c1-53(42,43)29(36)51-27(35)17-13-18(28-38-39-30(52-28)54(2,44)45)15-19(14-17)37-22(40)3-5-46-7-9-48-11-12-49-10-8-47-6-4-23(41)50-26-24(33)20(31)16-21(32)25(26)34/h13-16,35-36H,3-12H2,1-2H3,(H,37,40). The number of nitrogens with one attached hydrogen (secondary N) is 3. The highest BCUT2D eigenvalue weighted by molar-refractivity contribution is 8.05. The molecule has 0 atom stereocenters. The molecule has 0 unspecified atom stereocenters. The van der Waals surface area contributed by atoms with Gasteiger partial charge in [0, 0.05) is 35.4 Å². The number of hydrogen-bond donors (Lipinski definition) is 3. The second-order valence-corrected chi connectivity index (χ2v) is 14.5. The summed E-state index contributed by atoms with van der Waals surface area (Å²) < 4.78 is 136. The topological polar surface area (TPSA) is 256 Å². The Morgan fingerprint density at radius 3 is 1.81 bits per heavy atom. The Morgan fingerprint density at radius 2 is 1.30 bits per heavy atom. The van der Waals surface area contributed by atoms with Gasteiger partial charge in [0.2, 0.25) is 54.8 Å². The molecular formula is C30H33F4N5O13S2. The van der Waals surface area contributed by atoms with Gasteiger partial charge in [0.25, 0.3) is 0 Å². The van der Waals surface area contributed by atoms with Crippen LogP contribution in [0.15, 0.2) is 33.9 Å². The highest BCUT2D eigenvalue weighted by Gasteiger charge is 2.24. The maximum Gasteiger partial charge on any atom is 0.335 e. The van der Waals surface area contributed by atoms with Crippen LogP contribution in [0.2, 0.25) is 0 Å². The molecule has 3 aromatic rings. The first-order valence-corrected chi connectivity index (χ1v) is 19.0. The lowest BCUT2D eigenvalue weighted by Gasteiger charge is -2.11. The van der Waals surface area contributed by atoms with Crippen molar-refractivity contribution in [2.45, 2.75) is 18.1 Å². The molecule has 0 aliphatic heterocycles. The first-order chi connectivity index (χ1) is 25.4. The molecule has 296 valence electrons. The maximum absolute atomic E-state index is 13.6. The van der Waals surface area contributed by atoms with Gasteiger partial charge in [-0.05, 0) is 18.2 Å². The molecule has 0 spiro atoms. The van der Waals surface area contributed by atoms with Crippen LogP contribution in [0.3, 0.4) is 0 Å². The SMILES string of the molecule is CS(=O)(=O)C(=N)OC(=N)c1cc(NC(=O)CCOCCOCCOCCOCCC(=O)Oc2c(F)c(F)cc(F)c2F)cc(-c2nnc(S(C)(=O)=O)o2)c1. The quantitative estimate of drug-likeness (QED) is 0.0282. The van der Waals surface area contributed by atoms with Crippen LogP contribution in [0.4, 0.5) is 23.2 Å². The molecule has 0 fully saturated rings. The van der Waals surface area contributed by atoms with Crippen molar-refractivity contribution in [1.29, 1.82) is 10.8 Å². The molecule has 0 saturated heterocycles. The van der Waals surface area contributed by atoms with E-state index >= 15 is 0 Å². The van der Waals surface area contributed by atoms with Gasteiger partial charge in [-0.25, -0.2) is 25.6 Å². The second-order valence-electron chi connectivity index (χ2n) is 10.7. The van der Waals surface area contributed by atoms with Gasteiger partial charge in [0.15, 0.2) is 11.6 Å². The van der Waals surface area contributed by atoms with Gasteiger partial charge in [-0.3, -0.25) is 20.4 Å². The summed E-state index contributed by atoms with van der Waals surface area (Å²) in [6, 6.07) is 3.76. The zero-order valence-electron chi connectivity index (χ0n) is 28.4. The molecule has 0 radical (unpaired) electrons. The van der Waals surface area contributed by atoms with E-state index < -0.39 is 83.3 Å². The van der Waals surface area contributed by atoms with Crippen LogP contribution in [0.25, 0.3) is 11.5 Å². The van der Waals surface area contributed by atoms with Crippen molar-refractivity contribution >= 4 is 48.4 Å². The summed E-state index contributed by atoms with van der Waals surface area (Å²) in [6.45, 7) is 0.473. The highest BCUT2D eigenvalue weighted by atomic mass is 32.2. The van der Waals surface area contributed by atoms with Gasteiger partial charge in [-0.15, -0.1) is 5.10 Å². The van der Waals surface area contributed by atoms with Crippen LogP contribution >= 0.6 is 0 Å². The highest BCUT2D eigenvalue weighted by Crippen LogP contribution is 2.27. The third-order valence-corrected chi connectivity index (χ3v) is 7.86. The number of anilines is 1. The molecule has 0 saturated carbocycles. The first kappa shape index (κ1) is 43.5. The van der Waals surface area contributed by atoms with Crippen LogP contribution in [-0.4, -0.2) is 115 Å². The number of aromatic nitrogens is 2. The lowest BCUT2D eigenvalue weighted by Crippen LogP contribution is -2.20. The van der Waals surface area contributed by atoms with Gasteiger partial charge >= 0.3 is 16.4 Å². The minimum Gasteiger partial charge on any atom is -0.420 e. The number of halogens is 4. The summed E-state index contributed by atoms with van der Waals surface area (Å²) in [7, 11) is -7.95. The smallest absolute Gasteiger partial charge is 0.335 e. The zero-order chi connectivity index (χ0) is 40.1. The predicted octanol–water partition coefficient (Wildman–Crippen LogP) is 2.41. The number of sulfone groups is 2. The monoisotopic (exact) mass is 811 g/mol. The van der Waals surface area contributed by atoms with E-state index in [2.05, 4.69) is 20.3 Å². The number of carbonyl (C=O) groups excluding carboxylic acids is 2. The molecule has 54 heavy (non-hydrogen) atoms. The fourth-order valence-electron chi connectivity index (χ4n) is 3.77. The minimum absolute atomic E-state index is 0.0170. The fourth-order valence-corrected chi connectivity index (χ4v) is 4.42. The largest absolute Gasteiger partial charge is 0.420 e. The van der Waals surface area contributed by atoms with E-state index in [4.69, 9.17) is 38.9 Å². The van der Waals surface area contributed by atoms with Crippen molar-refractivity contribution in [3.05, 3.63) is 53.1 Å². The minimum atomic E-state index is -4.08. The lowest BCUT2D eigenvalue weighted by atomic mass is 10.1. The van der Waals surface area contributed by atoms with E-state index in [0.717, 1.165) is 6.26 Å². The summed E-state index contributed by atoms with van der Waals surface area (Å²) in [5, 5.41) is 23.4. The molecule has 1 amide bonds. The fraction of sp³-hybridized carbons (Fsp3) is 0.400. The number of benzene rings is 2. The van der Waals surface area contributed by atoms with Crippen molar-refractivity contribution < 1.29 is 76.8 Å². The predicted molar refractivity (Wildman–Crippen MR) is 176 cm³/mol. The van der Waals surface area contributed by atoms with Crippen LogP contribution in [0, 0.1) is 34.1 Å². The van der Waals surface area contributed by atoms with Gasteiger partial charge in [-0.2, -0.15) is 8.78 Å². The average molecular weight is 812 g/mol. The van der Waals surface area contributed by atoms with Crippen molar-refractivity contribution in [3.63, 3.8) is 0 Å². The summed E-state index contributed by atoms with van der Waals surface area (Å²) in [6.07, 6.45) is 0.950. The Balaban J connectivity index is 1.33. The Kier molecular flexibility index (Phi) is 16.1. The number of ether oxygens (including phenoxy) is 6. The van der Waals surface area contributed by atoms with E-state index in [1.54, 1.807) is 0 Å². The summed E-state index contributed by atoms with van der Waals surface area (Å²) in [5.41, 5.74) is -0.0418. The average Bonchev–Trinajstić information content (AvgIpc) is 3.60. The molecule has 0 aliphatic carbocycles. The molecule has 1 heterocycles. The van der Waals surface area contributed by atoms with Crippen LogP contribution in [-0.2, 0) is 52.9 Å². The van der Waals surface area contributed by atoms with E-state index in [9.17, 15) is 44.0 Å². The number of amides is 1. The van der Waals surface area contributed by atoms with Gasteiger partial charge < -0.3 is 38.2 Å². The molecule has 24 heteroatoms. The normalized spacial score (nSPS) is 11.7. The lowest BCUT2D eigenvalue weighted by molar-refractivity contribution is -0.136. The third-order valence-electron chi connectivity index (χ3n) is 6.31. The molecule has 0 aliphatic rings. The molecular weight excluding hydrogens is 778 g/mol. The van der Waals surface area contributed by atoms with E-state index in [1.807, 2.05) is 0 Å². The first-order valence-electron chi connectivity index (χ1n) is 15.3. The molecule has 1 aromatic heterocycles. The Morgan fingerprint density at radius 1 is 0.759 bits per heavy atom. The summed E-state index contributed by atoms with van der Waals surface area (Å²) in [4.78, 5) is 24.3. The van der Waals surface area contributed by atoms with Gasteiger partial charge in [-0.1, -0.05) is 5.10 Å². The second kappa shape index (κ2) is 20.0. The molecule has 3 N–H and O–H groups in total. The maximum atomic E-state index is 13.6. The van der Waals surface area contributed by atoms with Crippen molar-refractivity contribution in [2.75, 3.05) is 70.7 Å². The molecule has 0 bridgehead atoms. The van der Waals surface area contributed by atoms with Crippen molar-refractivity contribution in [2.24, 2.45) is 0 Å². The number of rotatable bonds is 20. The Hall–Kier alpha value is -4.88. The van der Waals surface area contributed by atoms with Gasteiger partial charge in [0.05, 0.1) is 65.7 Å². The number of carbonyl (C=O) groups is 2. The number of esters is 1. The summed E-state index contributed by atoms with van der Waals surface area (Å²) in [5.74, 6) is -11.4. The molecule has 2 aromatic carbocycles. The summed E-state index contributed by atoms with van der Waals surface area (Å²) >= 11 is 0. The van der Waals surface area contributed by atoms with E-state index in [-0.39, 0.29) is 88.0 Å². The van der Waals surface area contributed by atoms with Crippen LogP contribution in [0.5, 0.6) is 5.75 Å². The number of hydrogen-bond acceptors (Lipinski definition) is 17. The molecule has 3 rings (SSSR count). The van der Waals surface area contributed by atoms with Gasteiger partial charge in [0.1, 0.15) is 0 Å². The van der Waals surface area contributed by atoms with Crippen molar-refractivity contribution in [1.82, 2.24) is 10.2 Å². The number of nitrogens with zero attached hydrogens (tertiary/aromatic N) is 2. The zero-order valence-corrected chi connectivity index (χ0v) is 30.0.